The number of allylic oxidation sites excluding steroid dienone is 2. The van der Waals surface area contributed by atoms with E-state index in [1.54, 1.807) is 0 Å². The Hall–Kier alpha value is -2.10. The molecule has 2 aromatic rings. The highest BCUT2D eigenvalue weighted by Crippen LogP contribution is 2.29. The van der Waals surface area contributed by atoms with Crippen molar-refractivity contribution in [1.82, 2.24) is 14.9 Å². The van der Waals surface area contributed by atoms with Crippen LogP contribution >= 0.6 is 0 Å². The van der Waals surface area contributed by atoms with Crippen LogP contribution in [-0.4, -0.2) is 33.9 Å². The molecule has 1 aliphatic heterocycles. The summed E-state index contributed by atoms with van der Waals surface area (Å²) in [5.41, 5.74) is 2.14. The number of piperidine rings is 1. The first-order valence-corrected chi connectivity index (χ1v) is 8.68. The van der Waals surface area contributed by atoms with Crippen molar-refractivity contribution in [2.24, 2.45) is 5.92 Å². The highest BCUT2D eigenvalue weighted by Gasteiger charge is 2.26. The van der Waals surface area contributed by atoms with Gasteiger partial charge in [0.25, 0.3) is 0 Å². The number of hydrogen-bond acceptors (Lipinski definition) is 2. The summed E-state index contributed by atoms with van der Waals surface area (Å²) in [5, 5.41) is 0. The molecule has 0 spiro atoms. The van der Waals surface area contributed by atoms with Gasteiger partial charge in [0.15, 0.2) is 0 Å². The number of H-pyrrole nitrogens is 1. The van der Waals surface area contributed by atoms with Gasteiger partial charge in [0, 0.05) is 25.4 Å². The number of nitrogens with zero attached hydrogens (tertiary/aromatic N) is 2. The van der Waals surface area contributed by atoms with E-state index in [-0.39, 0.29) is 0 Å². The highest BCUT2D eigenvalue weighted by atomic mass is 16.2. The maximum atomic E-state index is 12.4. The van der Waals surface area contributed by atoms with Crippen LogP contribution in [0.2, 0.25) is 0 Å². The minimum atomic E-state index is 0.324. The van der Waals surface area contributed by atoms with Crippen molar-refractivity contribution in [3.63, 3.8) is 0 Å². The first kappa shape index (κ1) is 14.5. The average Bonchev–Trinajstić information content (AvgIpc) is 3.24. The summed E-state index contributed by atoms with van der Waals surface area (Å²) in [6, 6.07) is 8.16. The standard InChI is InChI=1S/C19H23N3O/c23-18(13-14-5-1-2-6-14)22-11-9-15(10-12-22)19-20-16-7-3-4-8-17(16)21-19/h1,3-5,7-8,14-15H,2,6,9-13H2,(H,20,21)/t14-/m1/s1. The van der Waals surface area contributed by atoms with Crippen LogP contribution in [0.3, 0.4) is 0 Å². The van der Waals surface area contributed by atoms with Gasteiger partial charge in [0.2, 0.25) is 5.91 Å². The van der Waals surface area contributed by atoms with Gasteiger partial charge >= 0.3 is 0 Å². The Labute approximate surface area is 136 Å². The third kappa shape index (κ3) is 3.03. The molecule has 1 N–H and O–H groups in total. The van der Waals surface area contributed by atoms with Crippen LogP contribution in [0.1, 0.15) is 43.8 Å². The van der Waals surface area contributed by atoms with Gasteiger partial charge in [0.1, 0.15) is 5.82 Å². The molecule has 23 heavy (non-hydrogen) atoms. The van der Waals surface area contributed by atoms with Crippen molar-refractivity contribution in [3.05, 3.63) is 42.2 Å². The number of benzene rings is 1. The van der Waals surface area contributed by atoms with E-state index in [4.69, 9.17) is 4.98 Å². The summed E-state index contributed by atoms with van der Waals surface area (Å²) >= 11 is 0. The smallest absolute Gasteiger partial charge is 0.223 e. The molecule has 4 heteroatoms. The van der Waals surface area contributed by atoms with E-state index in [1.807, 2.05) is 23.1 Å². The van der Waals surface area contributed by atoms with Crippen molar-refractivity contribution < 1.29 is 4.79 Å². The predicted octanol–water partition coefficient (Wildman–Crippen LogP) is 3.63. The molecule has 1 aromatic heterocycles. The van der Waals surface area contributed by atoms with Crippen molar-refractivity contribution >= 4 is 16.9 Å². The molecule has 0 saturated carbocycles. The number of likely N-dealkylation sites (tertiary alicyclic amines) is 1. The predicted molar refractivity (Wildman–Crippen MR) is 91.1 cm³/mol. The molecule has 4 rings (SSSR count). The van der Waals surface area contributed by atoms with Crippen LogP contribution in [0.25, 0.3) is 11.0 Å². The Morgan fingerprint density at radius 2 is 2.04 bits per heavy atom. The topological polar surface area (TPSA) is 49.0 Å². The molecule has 0 bridgehead atoms. The van der Waals surface area contributed by atoms with E-state index < -0.39 is 0 Å². The van der Waals surface area contributed by atoms with Gasteiger partial charge in [-0.05, 0) is 43.7 Å². The lowest BCUT2D eigenvalue weighted by molar-refractivity contribution is -0.132. The Bertz CT molecular complexity index is 692. The molecule has 1 aliphatic carbocycles. The average molecular weight is 309 g/mol. The Morgan fingerprint density at radius 3 is 2.78 bits per heavy atom. The lowest BCUT2D eigenvalue weighted by Crippen LogP contribution is -2.38. The largest absolute Gasteiger partial charge is 0.343 e. The quantitative estimate of drug-likeness (QED) is 0.880. The van der Waals surface area contributed by atoms with Crippen LogP contribution in [0.15, 0.2) is 36.4 Å². The van der Waals surface area contributed by atoms with E-state index in [2.05, 4.69) is 23.2 Å². The van der Waals surface area contributed by atoms with Crippen molar-refractivity contribution in [2.75, 3.05) is 13.1 Å². The first-order chi connectivity index (χ1) is 11.3. The monoisotopic (exact) mass is 309 g/mol. The van der Waals surface area contributed by atoms with Gasteiger partial charge in [0.05, 0.1) is 11.0 Å². The van der Waals surface area contributed by atoms with Gasteiger partial charge in [-0.1, -0.05) is 24.3 Å². The van der Waals surface area contributed by atoms with Crippen LogP contribution in [-0.2, 0) is 4.79 Å². The summed E-state index contributed by atoms with van der Waals surface area (Å²) in [5.74, 6) is 2.31. The molecular formula is C19H23N3O. The van der Waals surface area contributed by atoms with Gasteiger partial charge in [-0.15, -0.1) is 0 Å². The zero-order chi connectivity index (χ0) is 15.6. The SMILES string of the molecule is O=C(C[C@@H]1C=CCC1)N1CCC(c2nc3ccccc3[nH]2)CC1. The fourth-order valence-electron chi connectivity index (χ4n) is 3.79. The number of aromatic nitrogens is 2. The summed E-state index contributed by atoms with van der Waals surface area (Å²) < 4.78 is 0. The van der Waals surface area contributed by atoms with E-state index >= 15 is 0 Å². The van der Waals surface area contributed by atoms with Gasteiger partial charge in [-0.2, -0.15) is 0 Å². The third-order valence-corrected chi connectivity index (χ3v) is 5.19. The van der Waals surface area contributed by atoms with Crippen LogP contribution in [0, 0.1) is 5.92 Å². The molecule has 1 saturated heterocycles. The number of hydrogen-bond donors (Lipinski definition) is 1. The molecule has 1 atom stereocenters. The molecular weight excluding hydrogens is 286 g/mol. The highest BCUT2D eigenvalue weighted by molar-refractivity contribution is 5.77. The lowest BCUT2D eigenvalue weighted by Gasteiger charge is -2.31. The second kappa shape index (κ2) is 6.19. The lowest BCUT2D eigenvalue weighted by atomic mass is 9.95. The van der Waals surface area contributed by atoms with Crippen molar-refractivity contribution in [1.29, 1.82) is 0 Å². The summed E-state index contributed by atoms with van der Waals surface area (Å²) in [6.07, 6.45) is 9.38. The van der Waals surface area contributed by atoms with Gasteiger partial charge < -0.3 is 9.88 Å². The maximum Gasteiger partial charge on any atom is 0.223 e. The minimum Gasteiger partial charge on any atom is -0.343 e. The summed E-state index contributed by atoms with van der Waals surface area (Å²) in [7, 11) is 0. The second-order valence-corrected chi connectivity index (χ2v) is 6.76. The van der Waals surface area contributed by atoms with Crippen LogP contribution in [0.4, 0.5) is 0 Å². The molecule has 4 nitrogen and oxygen atoms in total. The van der Waals surface area contributed by atoms with Crippen LogP contribution in [0.5, 0.6) is 0 Å². The minimum absolute atomic E-state index is 0.324. The number of fused-ring (bicyclic) bond motifs is 1. The number of nitrogens with one attached hydrogen (secondary N) is 1. The molecule has 2 heterocycles. The Balaban J connectivity index is 1.36. The zero-order valence-electron chi connectivity index (χ0n) is 13.4. The number of para-hydroxylation sites is 2. The first-order valence-electron chi connectivity index (χ1n) is 8.68. The summed E-state index contributed by atoms with van der Waals surface area (Å²) in [4.78, 5) is 22.6. The van der Waals surface area contributed by atoms with Crippen LogP contribution < -0.4 is 0 Å². The molecule has 0 radical (unpaired) electrons. The molecule has 1 aromatic carbocycles. The van der Waals surface area contributed by atoms with E-state index in [0.717, 1.165) is 55.6 Å². The number of aromatic amines is 1. The van der Waals surface area contributed by atoms with Gasteiger partial charge in [-0.25, -0.2) is 4.98 Å². The molecule has 2 aliphatic rings. The molecule has 1 amide bonds. The summed E-state index contributed by atoms with van der Waals surface area (Å²) in [6.45, 7) is 1.72. The van der Waals surface area contributed by atoms with E-state index in [1.165, 1.54) is 0 Å². The molecule has 1 fully saturated rings. The van der Waals surface area contributed by atoms with E-state index in [0.29, 0.717) is 24.2 Å². The van der Waals surface area contributed by atoms with Crippen molar-refractivity contribution in [2.45, 2.75) is 38.0 Å². The van der Waals surface area contributed by atoms with Crippen molar-refractivity contribution in [3.8, 4) is 0 Å². The third-order valence-electron chi connectivity index (χ3n) is 5.19. The maximum absolute atomic E-state index is 12.4. The normalized spacial score (nSPS) is 22.1. The zero-order valence-corrected chi connectivity index (χ0v) is 13.4. The number of carbonyl (C=O) groups is 1. The molecule has 120 valence electrons. The number of rotatable bonds is 3. The fraction of sp³-hybridized carbons (Fsp3) is 0.474. The van der Waals surface area contributed by atoms with Gasteiger partial charge in [-0.3, -0.25) is 4.79 Å². The second-order valence-electron chi connectivity index (χ2n) is 6.76. The number of imidazole rings is 1. The molecule has 0 unspecified atom stereocenters. The number of amides is 1. The Kier molecular flexibility index (Phi) is 3.90. The van der Waals surface area contributed by atoms with E-state index in [9.17, 15) is 4.79 Å². The Morgan fingerprint density at radius 1 is 1.22 bits per heavy atom. The number of carbonyl (C=O) groups excluding carboxylic acids is 1. The fourth-order valence-corrected chi connectivity index (χ4v) is 3.79.